The first-order chi connectivity index (χ1) is 10.1. The minimum Gasteiger partial charge on any atom is -0.479 e. The van der Waals surface area contributed by atoms with Crippen LogP contribution in [0.2, 0.25) is 0 Å². The van der Waals surface area contributed by atoms with Gasteiger partial charge in [0.1, 0.15) is 6.10 Å². The number of carbonyl (C=O) groups excluding carboxylic acids is 1. The van der Waals surface area contributed by atoms with Gasteiger partial charge in [0.25, 0.3) is 5.91 Å². The Kier molecular flexibility index (Phi) is 3.92. The van der Waals surface area contributed by atoms with Crippen molar-refractivity contribution < 1.29 is 19.4 Å². The third kappa shape index (κ3) is 3.24. The SMILES string of the molecule is O=C(O)[C@H]1CC[C@@H](C(=O)N(Cc2ccccc2)C2CC2)O1. The molecule has 5 heteroatoms. The molecule has 1 aromatic rings. The molecule has 1 heterocycles. The maximum Gasteiger partial charge on any atom is 0.332 e. The van der Waals surface area contributed by atoms with E-state index in [1.54, 1.807) is 0 Å². The summed E-state index contributed by atoms with van der Waals surface area (Å²) < 4.78 is 5.39. The molecule has 1 aliphatic carbocycles. The van der Waals surface area contributed by atoms with Crippen LogP contribution in [0, 0.1) is 0 Å². The number of hydrogen-bond acceptors (Lipinski definition) is 3. The van der Waals surface area contributed by atoms with Crippen molar-refractivity contribution in [1.29, 1.82) is 0 Å². The molecular weight excluding hydrogens is 270 g/mol. The average molecular weight is 289 g/mol. The number of hydrogen-bond donors (Lipinski definition) is 1. The summed E-state index contributed by atoms with van der Waals surface area (Å²) in [5.74, 6) is -1.04. The van der Waals surface area contributed by atoms with Crippen LogP contribution in [0.5, 0.6) is 0 Å². The van der Waals surface area contributed by atoms with Gasteiger partial charge < -0.3 is 14.7 Å². The summed E-state index contributed by atoms with van der Waals surface area (Å²) in [5, 5.41) is 8.96. The molecule has 2 atom stereocenters. The molecule has 0 spiro atoms. The van der Waals surface area contributed by atoms with Crippen LogP contribution in [0.4, 0.5) is 0 Å². The van der Waals surface area contributed by atoms with Crippen molar-refractivity contribution in [3.63, 3.8) is 0 Å². The van der Waals surface area contributed by atoms with Gasteiger partial charge in [-0.15, -0.1) is 0 Å². The summed E-state index contributed by atoms with van der Waals surface area (Å²) in [6.45, 7) is 0.571. The minimum atomic E-state index is -0.980. The second kappa shape index (κ2) is 5.85. The molecule has 5 nitrogen and oxygen atoms in total. The van der Waals surface area contributed by atoms with Gasteiger partial charge in [-0.25, -0.2) is 4.79 Å². The Labute approximate surface area is 123 Å². The summed E-state index contributed by atoms with van der Waals surface area (Å²) in [5.41, 5.74) is 1.09. The number of aliphatic carboxylic acids is 1. The Balaban J connectivity index is 1.67. The molecule has 112 valence electrons. The molecule has 21 heavy (non-hydrogen) atoms. The van der Waals surface area contributed by atoms with E-state index in [0.29, 0.717) is 19.4 Å². The summed E-state index contributed by atoms with van der Waals surface area (Å²) in [7, 11) is 0. The molecule has 0 aromatic heterocycles. The molecule has 0 unspecified atom stereocenters. The Bertz CT molecular complexity index is 526. The highest BCUT2D eigenvalue weighted by Crippen LogP contribution is 2.31. The van der Waals surface area contributed by atoms with Crippen LogP contribution in [0.1, 0.15) is 31.2 Å². The lowest BCUT2D eigenvalue weighted by Gasteiger charge is -2.25. The maximum atomic E-state index is 12.6. The van der Waals surface area contributed by atoms with Crippen LogP contribution in [0.15, 0.2) is 30.3 Å². The maximum absolute atomic E-state index is 12.6. The molecule has 2 aliphatic rings. The highest BCUT2D eigenvalue weighted by atomic mass is 16.5. The van der Waals surface area contributed by atoms with Crippen LogP contribution < -0.4 is 0 Å². The second-order valence-electron chi connectivity index (χ2n) is 5.71. The van der Waals surface area contributed by atoms with Gasteiger partial charge in [0.15, 0.2) is 6.10 Å². The van der Waals surface area contributed by atoms with Crippen molar-refractivity contribution >= 4 is 11.9 Å². The lowest BCUT2D eigenvalue weighted by molar-refractivity contribution is -0.155. The molecule has 0 radical (unpaired) electrons. The summed E-state index contributed by atoms with van der Waals surface area (Å²) in [4.78, 5) is 25.4. The lowest BCUT2D eigenvalue weighted by atomic mass is 10.1. The lowest BCUT2D eigenvalue weighted by Crippen LogP contribution is -2.40. The Hall–Kier alpha value is -1.88. The zero-order valence-electron chi connectivity index (χ0n) is 11.8. The average Bonchev–Trinajstić information content (AvgIpc) is 3.20. The number of carboxylic acid groups (broad SMARTS) is 1. The normalized spacial score (nSPS) is 24.8. The molecule has 2 fully saturated rings. The van der Waals surface area contributed by atoms with E-state index in [4.69, 9.17) is 9.84 Å². The quantitative estimate of drug-likeness (QED) is 0.897. The minimum absolute atomic E-state index is 0.0647. The van der Waals surface area contributed by atoms with Crippen LogP contribution in [-0.2, 0) is 20.9 Å². The van der Waals surface area contributed by atoms with E-state index in [1.807, 2.05) is 35.2 Å². The highest BCUT2D eigenvalue weighted by molar-refractivity contribution is 5.83. The standard InChI is InChI=1S/C16H19NO4/c18-15(13-8-9-14(21-13)16(19)20)17(12-6-7-12)10-11-4-2-1-3-5-11/h1-5,12-14H,6-10H2,(H,19,20)/t13-,14+/m0/s1. The van der Waals surface area contributed by atoms with Crippen molar-refractivity contribution in [3.8, 4) is 0 Å². The molecular formula is C16H19NO4. The van der Waals surface area contributed by atoms with Gasteiger partial charge in [-0.1, -0.05) is 30.3 Å². The van der Waals surface area contributed by atoms with E-state index in [1.165, 1.54) is 0 Å². The van der Waals surface area contributed by atoms with Crippen LogP contribution >= 0.6 is 0 Å². The number of carbonyl (C=O) groups is 2. The van der Waals surface area contributed by atoms with Crippen molar-refractivity contribution in [2.75, 3.05) is 0 Å². The number of rotatable bonds is 5. The molecule has 3 rings (SSSR count). The van der Waals surface area contributed by atoms with Crippen molar-refractivity contribution in [2.45, 2.75) is 50.5 Å². The third-order valence-corrected chi connectivity index (χ3v) is 4.04. The van der Waals surface area contributed by atoms with Crippen LogP contribution in [0.25, 0.3) is 0 Å². The van der Waals surface area contributed by atoms with Crippen molar-refractivity contribution in [2.24, 2.45) is 0 Å². The first-order valence-corrected chi connectivity index (χ1v) is 7.38. The van der Waals surface area contributed by atoms with E-state index >= 15 is 0 Å². The first-order valence-electron chi connectivity index (χ1n) is 7.38. The molecule has 1 aromatic carbocycles. The molecule has 0 bridgehead atoms. The van der Waals surface area contributed by atoms with Gasteiger partial charge in [0, 0.05) is 12.6 Å². The summed E-state index contributed by atoms with van der Waals surface area (Å²) >= 11 is 0. The predicted octanol–water partition coefficient (Wildman–Crippen LogP) is 1.81. The Morgan fingerprint density at radius 2 is 1.76 bits per heavy atom. The van der Waals surface area contributed by atoms with Crippen molar-refractivity contribution in [3.05, 3.63) is 35.9 Å². The van der Waals surface area contributed by atoms with Gasteiger partial charge >= 0.3 is 5.97 Å². The van der Waals surface area contributed by atoms with Gasteiger partial charge in [-0.3, -0.25) is 4.79 Å². The molecule has 1 amide bonds. The number of amides is 1. The van der Waals surface area contributed by atoms with Gasteiger partial charge in [-0.05, 0) is 31.2 Å². The monoisotopic (exact) mass is 289 g/mol. The van der Waals surface area contributed by atoms with E-state index in [0.717, 1.165) is 18.4 Å². The van der Waals surface area contributed by atoms with Crippen LogP contribution in [-0.4, -0.2) is 40.1 Å². The summed E-state index contributed by atoms with van der Waals surface area (Å²) in [6.07, 6.45) is 1.51. The van der Waals surface area contributed by atoms with E-state index in [-0.39, 0.29) is 11.9 Å². The molecule has 1 saturated carbocycles. The zero-order valence-corrected chi connectivity index (χ0v) is 11.8. The number of carboxylic acids is 1. The fourth-order valence-electron chi connectivity index (χ4n) is 2.74. The van der Waals surface area contributed by atoms with Crippen molar-refractivity contribution in [1.82, 2.24) is 4.90 Å². The fourth-order valence-corrected chi connectivity index (χ4v) is 2.74. The molecule has 1 saturated heterocycles. The van der Waals surface area contributed by atoms with Gasteiger partial charge in [0.2, 0.25) is 0 Å². The highest BCUT2D eigenvalue weighted by Gasteiger charge is 2.41. The summed E-state index contributed by atoms with van der Waals surface area (Å²) in [6, 6.07) is 10.1. The number of benzene rings is 1. The van der Waals surface area contributed by atoms with E-state index in [9.17, 15) is 9.59 Å². The fraction of sp³-hybridized carbons (Fsp3) is 0.500. The van der Waals surface area contributed by atoms with Crippen LogP contribution in [0.3, 0.4) is 0 Å². The third-order valence-electron chi connectivity index (χ3n) is 4.04. The largest absolute Gasteiger partial charge is 0.479 e. The van der Waals surface area contributed by atoms with E-state index in [2.05, 4.69) is 0 Å². The topological polar surface area (TPSA) is 66.8 Å². The first kappa shape index (κ1) is 14.1. The van der Waals surface area contributed by atoms with E-state index < -0.39 is 18.2 Å². The smallest absolute Gasteiger partial charge is 0.332 e. The zero-order chi connectivity index (χ0) is 14.8. The van der Waals surface area contributed by atoms with Gasteiger partial charge in [-0.2, -0.15) is 0 Å². The number of ether oxygens (including phenoxy) is 1. The molecule has 1 N–H and O–H groups in total. The molecule has 1 aliphatic heterocycles. The second-order valence-corrected chi connectivity index (χ2v) is 5.71. The van der Waals surface area contributed by atoms with Gasteiger partial charge in [0.05, 0.1) is 0 Å². The Morgan fingerprint density at radius 1 is 1.10 bits per heavy atom. The predicted molar refractivity (Wildman–Crippen MR) is 75.5 cm³/mol. The number of nitrogens with zero attached hydrogens (tertiary/aromatic N) is 1. The Morgan fingerprint density at radius 3 is 2.33 bits per heavy atom.